The summed E-state index contributed by atoms with van der Waals surface area (Å²) in [5, 5.41) is 6.51. The first-order valence-electron chi connectivity index (χ1n) is 12.0. The van der Waals surface area contributed by atoms with Gasteiger partial charge >= 0.3 is 12.0 Å². The number of hydrogen-bond acceptors (Lipinski definition) is 4. The first kappa shape index (κ1) is 24.7. The number of carbonyl (C=O) groups is 2. The van der Waals surface area contributed by atoms with E-state index in [-0.39, 0.29) is 6.03 Å². The van der Waals surface area contributed by atoms with Gasteiger partial charge < -0.3 is 24.8 Å². The van der Waals surface area contributed by atoms with E-state index in [1.165, 1.54) is 26.4 Å². The van der Waals surface area contributed by atoms with Crippen molar-refractivity contribution in [1.82, 2.24) is 4.57 Å². The van der Waals surface area contributed by atoms with E-state index in [9.17, 15) is 9.59 Å². The van der Waals surface area contributed by atoms with E-state index < -0.39 is 5.97 Å². The molecule has 2 amide bonds. The van der Waals surface area contributed by atoms with Crippen LogP contribution in [-0.2, 0) is 4.74 Å². The SMILES string of the molecule is CCN(c1ccc(-n2cccc2C(=O)OC)cc1NC(=O)Nc1ccc(Cl)cc1)C1CCCCC1. The van der Waals surface area contributed by atoms with Gasteiger partial charge in [0.2, 0.25) is 0 Å². The smallest absolute Gasteiger partial charge is 0.355 e. The van der Waals surface area contributed by atoms with Gasteiger partial charge in [0.25, 0.3) is 0 Å². The van der Waals surface area contributed by atoms with Crippen LogP contribution in [-0.4, -0.2) is 36.3 Å². The topological polar surface area (TPSA) is 75.6 Å². The summed E-state index contributed by atoms with van der Waals surface area (Å²) in [5.41, 5.74) is 3.44. The van der Waals surface area contributed by atoms with Gasteiger partial charge in [0.1, 0.15) is 5.69 Å². The molecule has 2 aromatic carbocycles. The van der Waals surface area contributed by atoms with Crippen LogP contribution in [0, 0.1) is 0 Å². The molecule has 8 heteroatoms. The van der Waals surface area contributed by atoms with Crippen molar-refractivity contribution in [2.45, 2.75) is 45.1 Å². The molecule has 1 fully saturated rings. The molecule has 35 heavy (non-hydrogen) atoms. The highest BCUT2D eigenvalue weighted by Crippen LogP contribution is 2.34. The summed E-state index contributed by atoms with van der Waals surface area (Å²) >= 11 is 5.97. The Bertz CT molecular complexity index is 1170. The van der Waals surface area contributed by atoms with E-state index in [1.807, 2.05) is 18.2 Å². The van der Waals surface area contributed by atoms with Crippen LogP contribution in [0.15, 0.2) is 60.8 Å². The number of aromatic nitrogens is 1. The molecular formula is C27H31ClN4O3. The van der Waals surface area contributed by atoms with Gasteiger partial charge in [-0.05, 0) is 74.4 Å². The van der Waals surface area contributed by atoms with Gasteiger partial charge in [0, 0.05) is 35.2 Å². The second-order valence-electron chi connectivity index (χ2n) is 8.62. The molecular weight excluding hydrogens is 464 g/mol. The number of rotatable bonds is 7. The summed E-state index contributed by atoms with van der Waals surface area (Å²) in [6, 6.07) is 16.4. The molecule has 0 radical (unpaired) electrons. The van der Waals surface area contributed by atoms with Crippen molar-refractivity contribution in [3.8, 4) is 5.69 Å². The number of carbonyl (C=O) groups excluding carboxylic acids is 2. The predicted molar refractivity (Wildman–Crippen MR) is 141 cm³/mol. The van der Waals surface area contributed by atoms with Crippen LogP contribution in [0.1, 0.15) is 49.5 Å². The molecule has 1 saturated carbocycles. The minimum absolute atomic E-state index is 0.355. The molecule has 4 rings (SSSR count). The normalized spacial score (nSPS) is 13.8. The second-order valence-corrected chi connectivity index (χ2v) is 9.06. The van der Waals surface area contributed by atoms with E-state index in [0.29, 0.717) is 28.1 Å². The van der Waals surface area contributed by atoms with E-state index >= 15 is 0 Å². The van der Waals surface area contributed by atoms with E-state index in [0.717, 1.165) is 30.8 Å². The standard InChI is InChI=1S/C27H31ClN4O3/c1-3-31(21-8-5-4-6-9-21)24-16-15-22(32-17-7-10-25(32)26(33)35-2)18-23(24)30-27(34)29-20-13-11-19(28)12-14-20/h7,10-18,21H,3-6,8-9H2,1-2H3,(H2,29,30,34). The Balaban J connectivity index is 1.68. The predicted octanol–water partition coefficient (Wildman–Crippen LogP) is 6.72. The average molecular weight is 495 g/mol. The lowest BCUT2D eigenvalue weighted by atomic mass is 9.93. The molecule has 3 aromatic rings. The van der Waals surface area contributed by atoms with Gasteiger partial charge in [0.05, 0.1) is 18.5 Å². The van der Waals surface area contributed by atoms with Crippen molar-refractivity contribution >= 4 is 40.7 Å². The first-order valence-corrected chi connectivity index (χ1v) is 12.4. The summed E-state index contributed by atoms with van der Waals surface area (Å²) in [6.45, 7) is 2.97. The Morgan fingerprint density at radius 3 is 2.49 bits per heavy atom. The average Bonchev–Trinajstić information content (AvgIpc) is 3.37. The van der Waals surface area contributed by atoms with E-state index in [2.05, 4.69) is 22.5 Å². The molecule has 0 unspecified atom stereocenters. The van der Waals surface area contributed by atoms with E-state index in [1.54, 1.807) is 47.2 Å². The highest BCUT2D eigenvalue weighted by molar-refractivity contribution is 6.30. The number of halogens is 1. The second kappa shape index (κ2) is 11.3. The molecule has 184 valence electrons. The quantitative estimate of drug-likeness (QED) is 0.357. The van der Waals surface area contributed by atoms with Crippen molar-refractivity contribution < 1.29 is 14.3 Å². The van der Waals surface area contributed by atoms with Crippen molar-refractivity contribution in [2.24, 2.45) is 0 Å². The number of nitrogens with one attached hydrogen (secondary N) is 2. The maximum atomic E-state index is 13.0. The van der Waals surface area contributed by atoms with Crippen LogP contribution in [0.4, 0.5) is 21.9 Å². The number of amides is 2. The Morgan fingerprint density at radius 1 is 1.06 bits per heavy atom. The van der Waals surface area contributed by atoms with Crippen LogP contribution < -0.4 is 15.5 Å². The molecule has 0 spiro atoms. The van der Waals surface area contributed by atoms with Crippen LogP contribution in [0.2, 0.25) is 5.02 Å². The van der Waals surface area contributed by atoms with Crippen LogP contribution in [0.5, 0.6) is 0 Å². The zero-order valence-electron chi connectivity index (χ0n) is 20.1. The number of ether oxygens (including phenoxy) is 1. The summed E-state index contributed by atoms with van der Waals surface area (Å²) in [5.74, 6) is -0.425. The fourth-order valence-corrected chi connectivity index (χ4v) is 4.86. The third kappa shape index (κ3) is 5.80. The molecule has 0 aliphatic heterocycles. The lowest BCUT2D eigenvalue weighted by molar-refractivity contribution is 0.0591. The maximum Gasteiger partial charge on any atom is 0.355 e. The molecule has 1 aliphatic rings. The van der Waals surface area contributed by atoms with Crippen LogP contribution in [0.25, 0.3) is 5.69 Å². The lowest BCUT2D eigenvalue weighted by Gasteiger charge is -2.36. The van der Waals surface area contributed by atoms with Gasteiger partial charge in [-0.15, -0.1) is 0 Å². The lowest BCUT2D eigenvalue weighted by Crippen LogP contribution is -2.37. The van der Waals surface area contributed by atoms with Gasteiger partial charge in [-0.2, -0.15) is 0 Å². The Labute approximate surface area is 211 Å². The van der Waals surface area contributed by atoms with Gasteiger partial charge in [-0.25, -0.2) is 9.59 Å². The van der Waals surface area contributed by atoms with Gasteiger partial charge in [0.15, 0.2) is 0 Å². The van der Waals surface area contributed by atoms with Crippen molar-refractivity contribution in [3.63, 3.8) is 0 Å². The summed E-state index contributed by atoms with van der Waals surface area (Å²) < 4.78 is 6.69. The number of anilines is 3. The van der Waals surface area contributed by atoms with Gasteiger partial charge in [-0.3, -0.25) is 0 Å². The van der Waals surface area contributed by atoms with Crippen LogP contribution >= 0.6 is 11.6 Å². The van der Waals surface area contributed by atoms with Crippen molar-refractivity contribution in [3.05, 3.63) is 71.5 Å². The minimum Gasteiger partial charge on any atom is -0.464 e. The van der Waals surface area contributed by atoms with E-state index in [4.69, 9.17) is 16.3 Å². The Hall–Kier alpha value is -3.45. The third-order valence-corrected chi connectivity index (χ3v) is 6.67. The fraction of sp³-hybridized carbons (Fsp3) is 0.333. The summed E-state index contributed by atoms with van der Waals surface area (Å²) in [6.07, 6.45) is 7.77. The highest BCUT2D eigenvalue weighted by atomic mass is 35.5. The van der Waals surface area contributed by atoms with Gasteiger partial charge in [-0.1, -0.05) is 30.9 Å². The van der Waals surface area contributed by atoms with Crippen molar-refractivity contribution in [1.29, 1.82) is 0 Å². The number of esters is 1. The summed E-state index contributed by atoms with van der Waals surface area (Å²) in [4.78, 5) is 27.6. The number of urea groups is 1. The zero-order valence-corrected chi connectivity index (χ0v) is 20.8. The maximum absolute atomic E-state index is 13.0. The monoisotopic (exact) mass is 494 g/mol. The molecule has 1 heterocycles. The first-order chi connectivity index (χ1) is 17.0. The molecule has 0 bridgehead atoms. The largest absolute Gasteiger partial charge is 0.464 e. The molecule has 2 N–H and O–H groups in total. The minimum atomic E-state index is -0.425. The molecule has 1 aliphatic carbocycles. The Morgan fingerprint density at radius 2 is 1.80 bits per heavy atom. The number of benzene rings is 2. The molecule has 0 saturated heterocycles. The molecule has 7 nitrogen and oxygen atoms in total. The number of nitrogens with zero attached hydrogens (tertiary/aromatic N) is 2. The highest BCUT2D eigenvalue weighted by Gasteiger charge is 2.24. The summed E-state index contributed by atoms with van der Waals surface area (Å²) in [7, 11) is 1.36. The fourth-order valence-electron chi connectivity index (χ4n) is 4.74. The van der Waals surface area contributed by atoms with Crippen LogP contribution in [0.3, 0.4) is 0 Å². The zero-order chi connectivity index (χ0) is 24.8. The molecule has 0 atom stereocenters. The molecule has 1 aromatic heterocycles. The van der Waals surface area contributed by atoms with Crippen molar-refractivity contribution in [2.75, 3.05) is 29.2 Å². The Kier molecular flexibility index (Phi) is 7.98. The number of methoxy groups -OCH3 is 1. The number of hydrogen-bond donors (Lipinski definition) is 2. The third-order valence-electron chi connectivity index (χ3n) is 6.42.